The fourth-order valence-corrected chi connectivity index (χ4v) is 2.53. The van der Waals surface area contributed by atoms with E-state index in [2.05, 4.69) is 32.7 Å². The second-order valence-corrected chi connectivity index (χ2v) is 6.87. The highest BCUT2D eigenvalue weighted by molar-refractivity contribution is 6.65. The lowest BCUT2D eigenvalue weighted by Gasteiger charge is -2.12. The third-order valence-corrected chi connectivity index (χ3v) is 3.44. The molecule has 0 saturated carbocycles. The second kappa shape index (κ2) is 11.3. The minimum absolute atomic E-state index is 0.543. The minimum atomic E-state index is 0.543. The second-order valence-electron chi connectivity index (χ2n) is 6.32. The fraction of sp³-hybridized carbons (Fsp3) is 0.550. The van der Waals surface area contributed by atoms with Gasteiger partial charge in [0.25, 0.3) is 0 Å². The molecule has 0 N–H and O–H groups in total. The Kier molecular flexibility index (Phi) is 9.73. The van der Waals surface area contributed by atoms with E-state index in [1.54, 1.807) is 6.92 Å². The third kappa shape index (κ3) is 7.98. The summed E-state index contributed by atoms with van der Waals surface area (Å²) in [5.74, 6) is 1.42. The molecule has 0 heterocycles. The summed E-state index contributed by atoms with van der Waals surface area (Å²) in [6, 6.07) is 8.00. The van der Waals surface area contributed by atoms with Crippen LogP contribution >= 0.6 is 11.6 Å². The molecule has 1 aromatic rings. The smallest absolute Gasteiger partial charge is 0.119 e. The van der Waals surface area contributed by atoms with Crippen LogP contribution in [0.2, 0.25) is 0 Å². The Labute approximate surface area is 151 Å². The van der Waals surface area contributed by atoms with Crippen LogP contribution in [0.1, 0.15) is 53.0 Å². The van der Waals surface area contributed by atoms with E-state index in [1.165, 1.54) is 5.57 Å². The summed E-state index contributed by atoms with van der Waals surface area (Å²) >= 11 is 6.02. The first-order chi connectivity index (χ1) is 11.4. The average molecular weight is 352 g/mol. The molecule has 0 amide bonds. The average Bonchev–Trinajstić information content (AvgIpc) is 2.52. The van der Waals surface area contributed by atoms with Crippen LogP contribution in [0.15, 0.2) is 34.8 Å². The zero-order valence-electron chi connectivity index (χ0n) is 15.6. The summed E-state index contributed by atoms with van der Waals surface area (Å²) in [5, 5.41) is 0.543. The predicted octanol–water partition coefficient (Wildman–Crippen LogP) is 5.93. The van der Waals surface area contributed by atoms with Crippen molar-refractivity contribution in [1.82, 2.24) is 0 Å². The summed E-state index contributed by atoms with van der Waals surface area (Å²) < 4.78 is 11.1. The quantitative estimate of drug-likeness (QED) is 0.386. The van der Waals surface area contributed by atoms with Gasteiger partial charge in [-0.2, -0.15) is 0 Å². The molecule has 3 nitrogen and oxygen atoms in total. The molecule has 1 aromatic carbocycles. The van der Waals surface area contributed by atoms with Crippen LogP contribution in [0.3, 0.4) is 0 Å². The molecule has 24 heavy (non-hydrogen) atoms. The molecule has 0 fully saturated rings. The van der Waals surface area contributed by atoms with Crippen LogP contribution in [-0.4, -0.2) is 25.0 Å². The number of halogens is 1. The minimum Gasteiger partial charge on any atom is -0.491 e. The molecule has 0 aromatic heterocycles. The van der Waals surface area contributed by atoms with E-state index in [4.69, 9.17) is 21.1 Å². The number of ether oxygens (including phenoxy) is 2. The highest BCUT2D eigenvalue weighted by Crippen LogP contribution is 2.27. The zero-order chi connectivity index (χ0) is 17.9. The van der Waals surface area contributed by atoms with E-state index in [0.29, 0.717) is 24.3 Å². The summed E-state index contributed by atoms with van der Waals surface area (Å²) in [4.78, 5) is 4.53. The lowest BCUT2D eigenvalue weighted by Crippen LogP contribution is -2.07. The van der Waals surface area contributed by atoms with Crippen molar-refractivity contribution < 1.29 is 9.47 Å². The Morgan fingerprint density at radius 1 is 1.08 bits per heavy atom. The van der Waals surface area contributed by atoms with E-state index in [-0.39, 0.29) is 0 Å². The molecular weight excluding hydrogens is 322 g/mol. The topological polar surface area (TPSA) is 30.8 Å². The number of benzene rings is 1. The van der Waals surface area contributed by atoms with Gasteiger partial charge in [0.2, 0.25) is 0 Å². The van der Waals surface area contributed by atoms with Crippen LogP contribution < -0.4 is 4.74 Å². The van der Waals surface area contributed by atoms with Crippen LogP contribution in [0.25, 0.3) is 5.70 Å². The van der Waals surface area contributed by atoms with Gasteiger partial charge in [-0.05, 0) is 62.4 Å². The predicted molar refractivity (Wildman–Crippen MR) is 104 cm³/mol. The molecule has 0 aliphatic rings. The van der Waals surface area contributed by atoms with Crippen molar-refractivity contribution in [2.45, 2.75) is 47.5 Å². The molecular formula is C20H30ClNO2. The van der Waals surface area contributed by atoms with Gasteiger partial charge in [-0.3, -0.25) is 0 Å². The Hall–Kier alpha value is -1.32. The van der Waals surface area contributed by atoms with Crippen molar-refractivity contribution in [1.29, 1.82) is 0 Å². The maximum absolute atomic E-state index is 6.02. The Morgan fingerprint density at radius 3 is 2.29 bits per heavy atom. The standard InChI is InChI=1S/C20H30ClNO2/c1-6-11-23-12-13-24-19-9-7-18(8-10-19)20(22-17(5)21)16(4)14-15(2)3/h7-10,15H,6,11-14H2,1-5H3/b20-16+,22-17+. The van der Waals surface area contributed by atoms with Gasteiger partial charge in [0.15, 0.2) is 0 Å². The number of hydrogen-bond donors (Lipinski definition) is 0. The van der Waals surface area contributed by atoms with Crippen molar-refractivity contribution in [2.24, 2.45) is 10.9 Å². The number of allylic oxidation sites excluding steroid dienone is 1. The van der Waals surface area contributed by atoms with Gasteiger partial charge in [0.1, 0.15) is 17.5 Å². The monoisotopic (exact) mass is 351 g/mol. The van der Waals surface area contributed by atoms with E-state index < -0.39 is 0 Å². The fourth-order valence-electron chi connectivity index (χ4n) is 2.44. The normalized spacial score (nSPS) is 13.2. The highest BCUT2D eigenvalue weighted by atomic mass is 35.5. The van der Waals surface area contributed by atoms with Crippen LogP contribution in [0, 0.1) is 5.92 Å². The summed E-state index contributed by atoms with van der Waals surface area (Å²) in [6.07, 6.45) is 2.02. The van der Waals surface area contributed by atoms with Crippen molar-refractivity contribution in [3.63, 3.8) is 0 Å². The van der Waals surface area contributed by atoms with Gasteiger partial charge in [-0.25, -0.2) is 4.99 Å². The highest BCUT2D eigenvalue weighted by Gasteiger charge is 2.08. The molecule has 0 saturated heterocycles. The third-order valence-electron chi connectivity index (χ3n) is 3.36. The molecule has 134 valence electrons. The number of nitrogens with zero attached hydrogens (tertiary/aromatic N) is 1. The molecule has 0 bridgehead atoms. The van der Waals surface area contributed by atoms with Gasteiger partial charge in [0.05, 0.1) is 12.3 Å². The van der Waals surface area contributed by atoms with E-state index in [0.717, 1.165) is 36.5 Å². The Balaban J connectivity index is 2.81. The largest absolute Gasteiger partial charge is 0.491 e. The van der Waals surface area contributed by atoms with Crippen LogP contribution in [-0.2, 0) is 4.74 Å². The summed E-state index contributed by atoms with van der Waals surface area (Å²) in [5.41, 5.74) is 3.25. The van der Waals surface area contributed by atoms with E-state index in [1.807, 2.05) is 24.3 Å². The van der Waals surface area contributed by atoms with Crippen molar-refractivity contribution in [2.75, 3.05) is 19.8 Å². The molecule has 0 unspecified atom stereocenters. The van der Waals surface area contributed by atoms with Gasteiger partial charge in [0, 0.05) is 12.2 Å². The first-order valence-electron chi connectivity index (χ1n) is 8.65. The Bertz CT molecular complexity index is 543. The molecule has 4 heteroatoms. The van der Waals surface area contributed by atoms with Crippen molar-refractivity contribution >= 4 is 22.5 Å². The van der Waals surface area contributed by atoms with E-state index >= 15 is 0 Å². The zero-order valence-corrected chi connectivity index (χ0v) is 16.3. The maximum atomic E-state index is 6.02. The molecule has 0 radical (unpaired) electrons. The maximum Gasteiger partial charge on any atom is 0.119 e. The van der Waals surface area contributed by atoms with Crippen LogP contribution in [0.5, 0.6) is 5.75 Å². The molecule has 0 aliphatic heterocycles. The number of rotatable bonds is 10. The molecule has 0 atom stereocenters. The number of hydrogen-bond acceptors (Lipinski definition) is 3. The first kappa shape index (κ1) is 20.7. The van der Waals surface area contributed by atoms with E-state index in [9.17, 15) is 0 Å². The first-order valence-corrected chi connectivity index (χ1v) is 9.03. The molecule has 0 aliphatic carbocycles. The van der Waals surface area contributed by atoms with Gasteiger partial charge >= 0.3 is 0 Å². The lowest BCUT2D eigenvalue weighted by atomic mass is 9.99. The van der Waals surface area contributed by atoms with Crippen LogP contribution in [0.4, 0.5) is 0 Å². The van der Waals surface area contributed by atoms with Gasteiger partial charge < -0.3 is 9.47 Å². The lowest BCUT2D eigenvalue weighted by molar-refractivity contribution is 0.101. The summed E-state index contributed by atoms with van der Waals surface area (Å²) in [6.45, 7) is 12.4. The molecule has 1 rings (SSSR count). The Morgan fingerprint density at radius 2 is 1.75 bits per heavy atom. The molecule has 0 spiro atoms. The summed E-state index contributed by atoms with van der Waals surface area (Å²) in [7, 11) is 0. The van der Waals surface area contributed by atoms with Crippen molar-refractivity contribution in [3.8, 4) is 5.75 Å². The van der Waals surface area contributed by atoms with Crippen molar-refractivity contribution in [3.05, 3.63) is 35.4 Å². The van der Waals surface area contributed by atoms with Gasteiger partial charge in [-0.1, -0.05) is 32.4 Å². The van der Waals surface area contributed by atoms with Gasteiger partial charge in [-0.15, -0.1) is 0 Å². The number of aliphatic imine (C=N–C) groups is 1. The SMILES string of the molecule is CCCOCCOc1ccc(C(/N=C(\C)Cl)=C(/C)CC(C)C)cc1.